The number of aryl methyl sites for hydroxylation is 1. The van der Waals surface area contributed by atoms with E-state index in [-0.39, 0.29) is 29.9 Å². The Labute approximate surface area is 209 Å². The third kappa shape index (κ3) is 8.33. The molecule has 0 spiro atoms. The topological polar surface area (TPSA) is 66.0 Å². The smallest absolute Gasteiger partial charge is 0.253 e. The molecule has 0 radical (unpaired) electrons. The number of halogens is 1. The van der Waals surface area contributed by atoms with E-state index in [0.29, 0.717) is 44.3 Å². The molecular formula is C25H37IN4O2. The van der Waals surface area contributed by atoms with Gasteiger partial charge in [0, 0.05) is 44.4 Å². The summed E-state index contributed by atoms with van der Waals surface area (Å²) in [7, 11) is 1.75. The second-order valence-electron chi connectivity index (χ2n) is 7.41. The largest absolute Gasteiger partial charge is 0.493 e. The van der Waals surface area contributed by atoms with Crippen LogP contribution >= 0.6 is 24.0 Å². The maximum absolute atomic E-state index is 12.4. The van der Waals surface area contributed by atoms with Crippen LogP contribution in [0.25, 0.3) is 0 Å². The van der Waals surface area contributed by atoms with Crippen LogP contribution in [0.3, 0.4) is 0 Å². The molecule has 0 saturated heterocycles. The van der Waals surface area contributed by atoms with Crippen molar-refractivity contribution >= 4 is 35.8 Å². The van der Waals surface area contributed by atoms with Crippen LogP contribution in [0, 0.1) is 6.92 Å². The van der Waals surface area contributed by atoms with Crippen molar-refractivity contribution in [3.8, 4) is 5.75 Å². The Morgan fingerprint density at radius 3 is 2.25 bits per heavy atom. The molecule has 0 heterocycles. The molecule has 2 rings (SSSR count). The van der Waals surface area contributed by atoms with Gasteiger partial charge in [0.25, 0.3) is 5.91 Å². The summed E-state index contributed by atoms with van der Waals surface area (Å²) in [4.78, 5) is 18.6. The van der Waals surface area contributed by atoms with Gasteiger partial charge in [-0.15, -0.1) is 24.0 Å². The van der Waals surface area contributed by atoms with Gasteiger partial charge in [-0.2, -0.15) is 0 Å². The lowest BCUT2D eigenvalue weighted by Crippen LogP contribution is -2.36. The van der Waals surface area contributed by atoms with Gasteiger partial charge in [-0.1, -0.05) is 31.2 Å². The Morgan fingerprint density at radius 1 is 1.00 bits per heavy atom. The number of nitrogens with one attached hydrogen (secondary N) is 2. The van der Waals surface area contributed by atoms with Crippen molar-refractivity contribution in [2.75, 3.05) is 26.7 Å². The van der Waals surface area contributed by atoms with E-state index in [2.05, 4.69) is 47.7 Å². The highest BCUT2D eigenvalue weighted by atomic mass is 127. The van der Waals surface area contributed by atoms with Gasteiger partial charge < -0.3 is 20.3 Å². The van der Waals surface area contributed by atoms with Gasteiger partial charge in [-0.3, -0.25) is 9.79 Å². The lowest BCUT2D eigenvalue weighted by molar-refractivity contribution is 0.0773. The van der Waals surface area contributed by atoms with E-state index in [1.54, 1.807) is 7.05 Å². The molecule has 2 aromatic carbocycles. The van der Waals surface area contributed by atoms with Gasteiger partial charge in [0.15, 0.2) is 5.96 Å². The summed E-state index contributed by atoms with van der Waals surface area (Å²) in [5.41, 5.74) is 4.08. The zero-order chi connectivity index (χ0) is 22.6. The summed E-state index contributed by atoms with van der Waals surface area (Å²) in [5, 5.41) is 6.68. The predicted octanol–water partition coefficient (Wildman–Crippen LogP) is 4.75. The Kier molecular flexibility index (Phi) is 12.8. The number of hydrogen-bond acceptors (Lipinski definition) is 3. The third-order valence-electron chi connectivity index (χ3n) is 5.07. The molecule has 7 heteroatoms. The lowest BCUT2D eigenvalue weighted by Gasteiger charge is -2.18. The van der Waals surface area contributed by atoms with Crippen LogP contribution in [0.15, 0.2) is 47.5 Å². The van der Waals surface area contributed by atoms with Crippen molar-refractivity contribution in [2.45, 2.75) is 47.2 Å². The Hall–Kier alpha value is -2.29. The highest BCUT2D eigenvalue weighted by molar-refractivity contribution is 14.0. The first-order valence-corrected chi connectivity index (χ1v) is 11.1. The summed E-state index contributed by atoms with van der Waals surface area (Å²) in [6.07, 6.45) is 0.976. The number of ether oxygens (including phenoxy) is 1. The summed E-state index contributed by atoms with van der Waals surface area (Å²) >= 11 is 0. The second kappa shape index (κ2) is 14.7. The van der Waals surface area contributed by atoms with Crippen LogP contribution in [0.4, 0.5) is 0 Å². The first-order valence-electron chi connectivity index (χ1n) is 11.1. The molecule has 0 aliphatic carbocycles. The third-order valence-corrected chi connectivity index (χ3v) is 5.07. The molecule has 1 amide bonds. The van der Waals surface area contributed by atoms with E-state index < -0.39 is 0 Å². The number of nitrogens with zero attached hydrogens (tertiary/aromatic N) is 2. The van der Waals surface area contributed by atoms with Crippen molar-refractivity contribution < 1.29 is 9.53 Å². The molecule has 0 aromatic heterocycles. The molecule has 0 aliphatic rings. The molecule has 2 N–H and O–H groups in total. The number of amides is 1. The molecule has 0 unspecified atom stereocenters. The highest BCUT2D eigenvalue weighted by Gasteiger charge is 2.12. The Bertz CT molecular complexity index is 865. The van der Waals surface area contributed by atoms with Crippen molar-refractivity contribution in [2.24, 2.45) is 4.99 Å². The van der Waals surface area contributed by atoms with E-state index in [4.69, 9.17) is 4.74 Å². The average Bonchev–Trinajstić information content (AvgIpc) is 2.79. The quantitative estimate of drug-likeness (QED) is 0.254. The monoisotopic (exact) mass is 552 g/mol. The van der Waals surface area contributed by atoms with Gasteiger partial charge in [-0.25, -0.2) is 0 Å². The molecule has 176 valence electrons. The van der Waals surface area contributed by atoms with Crippen molar-refractivity contribution in [1.82, 2.24) is 15.5 Å². The maximum atomic E-state index is 12.4. The minimum absolute atomic E-state index is 0. The summed E-state index contributed by atoms with van der Waals surface area (Å²) in [6, 6.07) is 14.0. The van der Waals surface area contributed by atoms with Gasteiger partial charge in [0.2, 0.25) is 0 Å². The van der Waals surface area contributed by atoms with Crippen molar-refractivity contribution in [3.63, 3.8) is 0 Å². The number of guanidine groups is 1. The maximum Gasteiger partial charge on any atom is 0.253 e. The summed E-state index contributed by atoms with van der Waals surface area (Å²) in [6.45, 7) is 11.5. The minimum atomic E-state index is 0. The van der Waals surface area contributed by atoms with E-state index in [1.165, 1.54) is 5.56 Å². The van der Waals surface area contributed by atoms with Gasteiger partial charge in [-0.05, 0) is 56.5 Å². The minimum Gasteiger partial charge on any atom is -0.493 e. The van der Waals surface area contributed by atoms with Crippen LogP contribution in [-0.4, -0.2) is 43.5 Å². The van der Waals surface area contributed by atoms with Gasteiger partial charge in [0.1, 0.15) is 5.75 Å². The van der Waals surface area contributed by atoms with Gasteiger partial charge >= 0.3 is 0 Å². The number of hydrogen-bond donors (Lipinski definition) is 2. The molecule has 0 fully saturated rings. The predicted molar refractivity (Wildman–Crippen MR) is 143 cm³/mol. The van der Waals surface area contributed by atoms with Crippen LogP contribution in [0.1, 0.15) is 54.2 Å². The van der Waals surface area contributed by atoms with Gasteiger partial charge in [0.05, 0.1) is 6.61 Å². The number of aliphatic imine (C=N–C) groups is 1. The molecule has 6 nitrogen and oxygen atoms in total. The van der Waals surface area contributed by atoms with Crippen molar-refractivity contribution in [1.29, 1.82) is 0 Å². The molecule has 0 saturated carbocycles. The van der Waals surface area contributed by atoms with Crippen LogP contribution in [0.2, 0.25) is 0 Å². The van der Waals surface area contributed by atoms with E-state index in [0.717, 1.165) is 23.3 Å². The fourth-order valence-corrected chi connectivity index (χ4v) is 3.20. The van der Waals surface area contributed by atoms with Crippen LogP contribution < -0.4 is 15.4 Å². The van der Waals surface area contributed by atoms with Crippen molar-refractivity contribution in [3.05, 3.63) is 64.7 Å². The zero-order valence-electron chi connectivity index (χ0n) is 19.9. The number of benzene rings is 2. The Balaban J connectivity index is 0.00000512. The molecule has 0 bridgehead atoms. The Morgan fingerprint density at radius 2 is 1.66 bits per heavy atom. The normalized spacial score (nSPS) is 10.8. The van der Waals surface area contributed by atoms with E-state index in [1.807, 2.05) is 43.0 Å². The fraction of sp³-hybridized carbons (Fsp3) is 0.440. The molecular weight excluding hydrogens is 515 g/mol. The second-order valence-corrected chi connectivity index (χ2v) is 7.41. The summed E-state index contributed by atoms with van der Waals surface area (Å²) < 4.78 is 5.89. The first kappa shape index (κ1) is 27.7. The summed E-state index contributed by atoms with van der Waals surface area (Å²) in [5.74, 6) is 1.70. The molecule has 0 atom stereocenters. The molecule has 0 aliphatic heterocycles. The lowest BCUT2D eigenvalue weighted by atomic mass is 10.1. The number of carbonyl (C=O) groups is 1. The average molecular weight is 553 g/mol. The molecule has 2 aromatic rings. The SMILES string of the molecule is CCCOc1cc(C)ccc1CNC(=NC)NCc1ccc(C(=O)N(CC)CC)cc1.I. The highest BCUT2D eigenvalue weighted by Crippen LogP contribution is 2.20. The first-order chi connectivity index (χ1) is 15.0. The standard InChI is InChI=1S/C25H36N4O2.HI/c1-6-15-31-23-16-19(4)9-12-22(23)18-28-25(26-5)27-17-20-10-13-21(14-11-20)24(30)29(7-2)8-3;/h9-14,16H,6-8,15,17-18H2,1-5H3,(H2,26,27,28);1H. The fourth-order valence-electron chi connectivity index (χ4n) is 3.20. The number of rotatable bonds is 10. The number of carbonyl (C=O) groups excluding carboxylic acids is 1. The van der Waals surface area contributed by atoms with E-state index in [9.17, 15) is 4.79 Å². The van der Waals surface area contributed by atoms with E-state index >= 15 is 0 Å². The van der Waals surface area contributed by atoms with Crippen LogP contribution in [-0.2, 0) is 13.1 Å². The van der Waals surface area contributed by atoms with Crippen LogP contribution in [0.5, 0.6) is 5.75 Å². The molecule has 32 heavy (non-hydrogen) atoms. The zero-order valence-corrected chi connectivity index (χ0v) is 22.2.